The highest BCUT2D eigenvalue weighted by atomic mass is 79.9. The van der Waals surface area contributed by atoms with Crippen molar-refractivity contribution in [3.63, 3.8) is 0 Å². The average molecular weight is 363 g/mol. The lowest BCUT2D eigenvalue weighted by molar-refractivity contribution is -0.115. The number of carbonyl (C=O) groups excluding carboxylic acids is 1. The van der Waals surface area contributed by atoms with Crippen LogP contribution >= 0.6 is 27.7 Å². The first-order valence-corrected chi connectivity index (χ1v) is 6.91. The number of halogens is 6. The first-order chi connectivity index (χ1) is 8.73. The lowest BCUT2D eigenvalue weighted by atomic mass is 10.0. The van der Waals surface area contributed by atoms with Crippen LogP contribution in [0, 0.1) is 0 Å². The summed E-state index contributed by atoms with van der Waals surface area (Å²) in [4.78, 5) is 10.9. The van der Waals surface area contributed by atoms with Gasteiger partial charge in [0.15, 0.2) is 0 Å². The first kappa shape index (κ1) is 16.4. The molecule has 1 aromatic carbocycles. The highest BCUT2D eigenvalue weighted by Gasteiger charge is 2.30. The van der Waals surface area contributed by atoms with Gasteiger partial charge in [-0.15, -0.1) is 0 Å². The second-order valence-corrected chi connectivity index (χ2v) is 5.26. The van der Waals surface area contributed by atoms with Crippen molar-refractivity contribution in [3.05, 3.63) is 29.3 Å². The van der Waals surface area contributed by atoms with Gasteiger partial charge >= 0.3 is 5.51 Å². The molecule has 0 N–H and O–H groups in total. The van der Waals surface area contributed by atoms with Gasteiger partial charge in [0.2, 0.25) is 0 Å². The molecule has 0 heterocycles. The van der Waals surface area contributed by atoms with Crippen LogP contribution in [0.2, 0.25) is 0 Å². The average Bonchev–Trinajstić information content (AvgIpc) is 2.28. The summed E-state index contributed by atoms with van der Waals surface area (Å²) in [6.07, 6.45) is -3.16. The Kier molecular flexibility index (Phi) is 5.79. The molecule has 0 unspecified atom stereocenters. The molecule has 0 radical (unpaired) electrons. The van der Waals surface area contributed by atoms with Gasteiger partial charge in [-0.2, -0.15) is 13.2 Å². The zero-order valence-electron chi connectivity index (χ0n) is 9.31. The fourth-order valence-corrected chi connectivity index (χ4v) is 2.18. The summed E-state index contributed by atoms with van der Waals surface area (Å²) in [5.74, 6) is -0.321. The van der Waals surface area contributed by atoms with E-state index in [1.807, 2.05) is 0 Å². The fourth-order valence-electron chi connectivity index (χ4n) is 1.39. The van der Waals surface area contributed by atoms with Gasteiger partial charge < -0.3 is 0 Å². The summed E-state index contributed by atoms with van der Waals surface area (Å²) in [6.45, 7) is 0. The van der Waals surface area contributed by atoms with E-state index >= 15 is 0 Å². The molecule has 0 atom stereocenters. The fraction of sp³-hybridized carbons (Fsp3) is 0.364. The number of ketones is 1. The van der Waals surface area contributed by atoms with Crippen molar-refractivity contribution < 1.29 is 26.7 Å². The molecule has 0 fully saturated rings. The SMILES string of the molecule is O=C(CBr)Cc1ccc(SC(F)(F)F)cc1C(F)F. The summed E-state index contributed by atoms with van der Waals surface area (Å²) in [6, 6.07) is 3.00. The van der Waals surface area contributed by atoms with Crippen LogP contribution in [0.3, 0.4) is 0 Å². The van der Waals surface area contributed by atoms with E-state index in [1.54, 1.807) is 0 Å². The molecule has 0 aromatic heterocycles. The maximum atomic E-state index is 12.8. The third-order valence-corrected chi connectivity index (χ3v) is 3.47. The van der Waals surface area contributed by atoms with Gasteiger partial charge in [-0.3, -0.25) is 4.79 Å². The Morgan fingerprint density at radius 1 is 1.32 bits per heavy atom. The van der Waals surface area contributed by atoms with Crippen molar-refractivity contribution in [1.82, 2.24) is 0 Å². The van der Waals surface area contributed by atoms with Crippen molar-refractivity contribution in [2.75, 3.05) is 5.33 Å². The molecule has 0 saturated carbocycles. The van der Waals surface area contributed by atoms with Gasteiger partial charge in [-0.1, -0.05) is 22.0 Å². The maximum Gasteiger partial charge on any atom is 0.446 e. The molecule has 0 aliphatic carbocycles. The van der Waals surface area contributed by atoms with Crippen LogP contribution in [0.15, 0.2) is 23.1 Å². The summed E-state index contributed by atoms with van der Waals surface area (Å²) >= 11 is 2.44. The zero-order valence-corrected chi connectivity index (χ0v) is 11.7. The molecule has 0 aliphatic rings. The summed E-state index contributed by atoms with van der Waals surface area (Å²) < 4.78 is 62.0. The van der Waals surface area contributed by atoms with E-state index in [0.29, 0.717) is 0 Å². The van der Waals surface area contributed by atoms with Crippen LogP contribution in [0.1, 0.15) is 17.6 Å². The lowest BCUT2D eigenvalue weighted by Gasteiger charge is -2.11. The van der Waals surface area contributed by atoms with E-state index in [2.05, 4.69) is 15.9 Å². The molecular formula is C11H8BrF5OS. The van der Waals surface area contributed by atoms with Crippen molar-refractivity contribution in [2.24, 2.45) is 0 Å². The van der Waals surface area contributed by atoms with Gasteiger partial charge in [0.05, 0.1) is 5.33 Å². The van der Waals surface area contributed by atoms with Crippen LogP contribution in [-0.4, -0.2) is 16.6 Å². The number of alkyl halides is 6. The van der Waals surface area contributed by atoms with Gasteiger partial charge in [0, 0.05) is 16.9 Å². The Labute approximate surface area is 118 Å². The molecule has 8 heteroatoms. The number of benzene rings is 1. The first-order valence-electron chi connectivity index (χ1n) is 4.97. The number of carbonyl (C=O) groups is 1. The van der Waals surface area contributed by atoms with Gasteiger partial charge in [-0.25, -0.2) is 8.78 Å². The number of thioether (sulfide) groups is 1. The molecule has 0 saturated heterocycles. The maximum absolute atomic E-state index is 12.8. The van der Waals surface area contributed by atoms with E-state index in [4.69, 9.17) is 0 Å². The third kappa shape index (κ3) is 5.48. The minimum absolute atomic E-state index is 0.00866. The second kappa shape index (κ2) is 6.69. The quantitative estimate of drug-likeness (QED) is 0.427. The predicted octanol–water partition coefficient (Wildman–Crippen LogP) is 4.74. The molecule has 1 rings (SSSR count). The Morgan fingerprint density at radius 2 is 1.95 bits per heavy atom. The van der Waals surface area contributed by atoms with E-state index < -0.39 is 29.3 Å². The molecule has 0 spiro atoms. The second-order valence-electron chi connectivity index (χ2n) is 3.56. The van der Waals surface area contributed by atoms with Crippen LogP contribution < -0.4 is 0 Å². The van der Waals surface area contributed by atoms with E-state index in [9.17, 15) is 26.7 Å². The number of hydrogen-bond donors (Lipinski definition) is 0. The zero-order chi connectivity index (χ0) is 14.6. The molecule has 106 valence electrons. The third-order valence-electron chi connectivity index (χ3n) is 2.12. The standard InChI is InChI=1S/C11H8BrF5OS/c12-5-7(18)3-6-1-2-8(19-11(15,16)17)4-9(6)10(13)14/h1-2,4,10H,3,5H2. The van der Waals surface area contributed by atoms with E-state index in [0.717, 1.165) is 18.2 Å². The number of rotatable bonds is 5. The van der Waals surface area contributed by atoms with Crippen molar-refractivity contribution >= 4 is 33.5 Å². The van der Waals surface area contributed by atoms with Gasteiger partial charge in [-0.05, 0) is 29.5 Å². The van der Waals surface area contributed by atoms with Crippen LogP contribution in [0.5, 0.6) is 0 Å². The topological polar surface area (TPSA) is 17.1 Å². The lowest BCUT2D eigenvalue weighted by Crippen LogP contribution is -2.07. The molecular weight excluding hydrogens is 355 g/mol. The summed E-state index contributed by atoms with van der Waals surface area (Å²) in [5, 5.41) is 0.00866. The predicted molar refractivity (Wildman–Crippen MR) is 65.8 cm³/mol. The molecule has 1 nitrogen and oxygen atoms in total. The molecule has 0 amide bonds. The number of Topliss-reactive ketones (excluding diaryl/α,β-unsaturated/α-hetero) is 1. The smallest absolute Gasteiger partial charge is 0.298 e. The van der Waals surface area contributed by atoms with E-state index in [-0.39, 0.29) is 28.0 Å². The Hall–Kier alpha value is -0.630. The van der Waals surface area contributed by atoms with Gasteiger partial charge in [0.25, 0.3) is 6.43 Å². The highest BCUT2D eigenvalue weighted by Crippen LogP contribution is 2.38. The summed E-state index contributed by atoms with van der Waals surface area (Å²) in [5.41, 5.74) is -5.03. The van der Waals surface area contributed by atoms with Crippen LogP contribution in [0.25, 0.3) is 0 Å². The molecule has 1 aromatic rings. The highest BCUT2D eigenvalue weighted by molar-refractivity contribution is 9.09. The summed E-state index contributed by atoms with van der Waals surface area (Å²) in [7, 11) is 0. The number of hydrogen-bond acceptors (Lipinski definition) is 2. The van der Waals surface area contributed by atoms with Gasteiger partial charge in [0.1, 0.15) is 5.78 Å². The molecule has 0 aliphatic heterocycles. The van der Waals surface area contributed by atoms with Crippen molar-refractivity contribution in [2.45, 2.75) is 23.3 Å². The Bertz CT molecular complexity index is 461. The Balaban J connectivity index is 3.04. The normalized spacial score (nSPS) is 11.9. The molecule has 19 heavy (non-hydrogen) atoms. The van der Waals surface area contributed by atoms with Crippen LogP contribution in [-0.2, 0) is 11.2 Å². The monoisotopic (exact) mass is 362 g/mol. The largest absolute Gasteiger partial charge is 0.446 e. The molecule has 0 bridgehead atoms. The van der Waals surface area contributed by atoms with Crippen LogP contribution in [0.4, 0.5) is 22.0 Å². The van der Waals surface area contributed by atoms with Crippen molar-refractivity contribution in [3.8, 4) is 0 Å². The van der Waals surface area contributed by atoms with Crippen molar-refractivity contribution in [1.29, 1.82) is 0 Å². The minimum Gasteiger partial charge on any atom is -0.298 e. The minimum atomic E-state index is -4.54. The van der Waals surface area contributed by atoms with E-state index in [1.165, 1.54) is 0 Å². The Morgan fingerprint density at radius 3 is 2.42 bits per heavy atom.